The summed E-state index contributed by atoms with van der Waals surface area (Å²) < 4.78 is 6.94. The summed E-state index contributed by atoms with van der Waals surface area (Å²) in [6.45, 7) is 8.83. The number of aromatic nitrogens is 2. The number of amides is 1. The van der Waals surface area contributed by atoms with E-state index in [0.29, 0.717) is 36.8 Å². The van der Waals surface area contributed by atoms with Gasteiger partial charge in [-0.25, -0.2) is 4.79 Å². The van der Waals surface area contributed by atoms with E-state index in [9.17, 15) is 9.59 Å². The van der Waals surface area contributed by atoms with Crippen molar-refractivity contribution in [3.05, 3.63) is 16.9 Å². The van der Waals surface area contributed by atoms with Crippen molar-refractivity contribution in [2.24, 2.45) is 5.92 Å². The van der Waals surface area contributed by atoms with E-state index in [2.05, 4.69) is 5.10 Å². The van der Waals surface area contributed by atoms with Crippen LogP contribution in [-0.2, 0) is 11.3 Å². The van der Waals surface area contributed by atoms with Crippen molar-refractivity contribution in [2.45, 2.75) is 46.3 Å². The van der Waals surface area contributed by atoms with E-state index in [-0.39, 0.29) is 17.8 Å². The van der Waals surface area contributed by atoms with E-state index in [1.165, 1.54) is 6.20 Å². The maximum atomic E-state index is 12.6. The van der Waals surface area contributed by atoms with Gasteiger partial charge in [-0.2, -0.15) is 5.10 Å². The van der Waals surface area contributed by atoms with Gasteiger partial charge in [0.15, 0.2) is 5.78 Å². The molecule has 0 aromatic carbocycles. The van der Waals surface area contributed by atoms with Crippen LogP contribution in [0, 0.1) is 5.92 Å². The summed E-state index contributed by atoms with van der Waals surface area (Å²) in [5, 5.41) is 4.45. The Balaban J connectivity index is 2.05. The molecule has 1 saturated heterocycles. The van der Waals surface area contributed by atoms with Gasteiger partial charge in [0, 0.05) is 25.6 Å². The Morgan fingerprint density at radius 3 is 2.73 bits per heavy atom. The molecule has 0 spiro atoms. The fourth-order valence-corrected chi connectivity index (χ4v) is 2.74. The first-order valence-electron chi connectivity index (χ1n) is 7.46. The average Bonchev–Trinajstić information content (AvgIpc) is 3.02. The zero-order valence-electron chi connectivity index (χ0n) is 13.4. The summed E-state index contributed by atoms with van der Waals surface area (Å²) in [6.07, 6.45) is 1.72. The Kier molecular flexibility index (Phi) is 4.80. The Labute approximate surface area is 135 Å². The van der Waals surface area contributed by atoms with Gasteiger partial charge in [-0.05, 0) is 34.1 Å². The van der Waals surface area contributed by atoms with Crippen molar-refractivity contribution in [3.8, 4) is 0 Å². The molecule has 0 saturated carbocycles. The molecule has 1 aliphatic rings. The normalized spacial score (nSPS) is 18.6. The lowest BCUT2D eigenvalue weighted by molar-refractivity contribution is 0.0289. The van der Waals surface area contributed by atoms with Crippen LogP contribution in [0.25, 0.3) is 0 Å². The lowest BCUT2D eigenvalue weighted by atomic mass is 10.0. The van der Waals surface area contributed by atoms with Gasteiger partial charge in [-0.1, -0.05) is 11.6 Å². The molecular formula is C15H22ClN3O3. The van der Waals surface area contributed by atoms with E-state index >= 15 is 0 Å². The molecule has 1 aliphatic heterocycles. The quantitative estimate of drug-likeness (QED) is 0.800. The third-order valence-corrected chi connectivity index (χ3v) is 3.82. The number of hydrogen-bond acceptors (Lipinski definition) is 4. The van der Waals surface area contributed by atoms with Crippen molar-refractivity contribution in [2.75, 3.05) is 13.1 Å². The zero-order chi connectivity index (χ0) is 16.5. The van der Waals surface area contributed by atoms with Gasteiger partial charge in [0.1, 0.15) is 11.3 Å². The summed E-state index contributed by atoms with van der Waals surface area (Å²) in [7, 11) is 0. The van der Waals surface area contributed by atoms with Gasteiger partial charge in [0.2, 0.25) is 0 Å². The molecule has 1 aromatic rings. The van der Waals surface area contributed by atoms with Crippen LogP contribution in [0.1, 0.15) is 44.6 Å². The number of nitrogens with zero attached hydrogens (tertiary/aromatic N) is 3. The first-order chi connectivity index (χ1) is 10.2. The van der Waals surface area contributed by atoms with Crippen molar-refractivity contribution in [3.63, 3.8) is 0 Å². The summed E-state index contributed by atoms with van der Waals surface area (Å²) in [4.78, 5) is 26.3. The third kappa shape index (κ3) is 3.61. The molecule has 1 unspecified atom stereocenters. The molecule has 1 aromatic heterocycles. The lowest BCUT2D eigenvalue weighted by Gasteiger charge is -2.24. The van der Waals surface area contributed by atoms with E-state index < -0.39 is 5.60 Å². The van der Waals surface area contributed by atoms with Crippen LogP contribution in [0.2, 0.25) is 5.02 Å². The van der Waals surface area contributed by atoms with Crippen LogP contribution in [0.3, 0.4) is 0 Å². The SMILES string of the molecule is CCn1ncc(Cl)c1C(=O)C1CCN(C(=O)OC(C)(C)C)C1. The summed E-state index contributed by atoms with van der Waals surface area (Å²) in [6, 6.07) is 0. The van der Waals surface area contributed by atoms with Gasteiger partial charge in [-0.3, -0.25) is 9.48 Å². The summed E-state index contributed by atoms with van der Waals surface area (Å²) in [5.41, 5.74) is -0.108. The van der Waals surface area contributed by atoms with Crippen LogP contribution in [0.4, 0.5) is 4.79 Å². The second kappa shape index (κ2) is 6.28. The van der Waals surface area contributed by atoms with Crippen molar-refractivity contribution in [1.29, 1.82) is 0 Å². The molecule has 1 fully saturated rings. The highest BCUT2D eigenvalue weighted by Gasteiger charge is 2.35. The summed E-state index contributed by atoms with van der Waals surface area (Å²) >= 11 is 6.07. The highest BCUT2D eigenvalue weighted by molar-refractivity contribution is 6.33. The number of ether oxygens (including phenoxy) is 1. The minimum atomic E-state index is -0.538. The Bertz CT molecular complexity index is 577. The molecule has 2 heterocycles. The molecule has 1 atom stereocenters. The van der Waals surface area contributed by atoms with Crippen molar-refractivity contribution >= 4 is 23.5 Å². The molecule has 22 heavy (non-hydrogen) atoms. The number of aryl methyl sites for hydroxylation is 1. The fraction of sp³-hybridized carbons (Fsp3) is 0.667. The van der Waals surface area contributed by atoms with E-state index in [0.717, 1.165) is 0 Å². The molecule has 122 valence electrons. The largest absolute Gasteiger partial charge is 0.444 e. The van der Waals surface area contributed by atoms with E-state index in [1.54, 1.807) is 9.58 Å². The van der Waals surface area contributed by atoms with Crippen LogP contribution in [0.15, 0.2) is 6.20 Å². The molecular weight excluding hydrogens is 306 g/mol. The van der Waals surface area contributed by atoms with Crippen molar-refractivity contribution in [1.82, 2.24) is 14.7 Å². The van der Waals surface area contributed by atoms with Crippen molar-refractivity contribution < 1.29 is 14.3 Å². The minimum Gasteiger partial charge on any atom is -0.444 e. The first kappa shape index (κ1) is 16.8. The number of halogens is 1. The standard InChI is InChI=1S/C15H22ClN3O3/c1-5-19-12(11(16)8-17-19)13(20)10-6-7-18(9-10)14(21)22-15(2,3)4/h8,10H,5-7,9H2,1-4H3. The molecule has 0 N–H and O–H groups in total. The topological polar surface area (TPSA) is 64.4 Å². The predicted octanol–water partition coefficient (Wildman–Crippen LogP) is 3.00. The van der Waals surface area contributed by atoms with Gasteiger partial charge in [0.25, 0.3) is 0 Å². The Morgan fingerprint density at radius 2 is 2.14 bits per heavy atom. The second-order valence-electron chi connectivity index (χ2n) is 6.43. The first-order valence-corrected chi connectivity index (χ1v) is 7.84. The van der Waals surface area contributed by atoms with E-state index in [4.69, 9.17) is 16.3 Å². The zero-order valence-corrected chi connectivity index (χ0v) is 14.2. The van der Waals surface area contributed by atoms with Gasteiger partial charge in [-0.15, -0.1) is 0 Å². The highest BCUT2D eigenvalue weighted by atomic mass is 35.5. The van der Waals surface area contributed by atoms with Gasteiger partial charge in [0.05, 0.1) is 11.2 Å². The minimum absolute atomic E-state index is 0.0598. The second-order valence-corrected chi connectivity index (χ2v) is 6.84. The number of carbonyl (C=O) groups is 2. The molecule has 6 nitrogen and oxygen atoms in total. The van der Waals surface area contributed by atoms with E-state index in [1.807, 2.05) is 27.7 Å². The Hall–Kier alpha value is -1.56. The molecule has 0 radical (unpaired) electrons. The fourth-order valence-electron chi connectivity index (χ4n) is 2.51. The smallest absolute Gasteiger partial charge is 0.410 e. The number of rotatable bonds is 3. The molecule has 2 rings (SSSR count). The average molecular weight is 328 g/mol. The molecule has 0 bridgehead atoms. The third-order valence-electron chi connectivity index (χ3n) is 3.54. The van der Waals surface area contributed by atoms with Crippen LogP contribution < -0.4 is 0 Å². The monoisotopic (exact) mass is 327 g/mol. The highest BCUT2D eigenvalue weighted by Crippen LogP contribution is 2.26. The lowest BCUT2D eigenvalue weighted by Crippen LogP contribution is -2.36. The van der Waals surface area contributed by atoms with Crippen LogP contribution in [0.5, 0.6) is 0 Å². The molecule has 7 heteroatoms. The number of carbonyl (C=O) groups excluding carboxylic acids is 2. The maximum Gasteiger partial charge on any atom is 0.410 e. The number of Topliss-reactive ketones (excluding diaryl/α,β-unsaturated/α-hetero) is 1. The van der Waals surface area contributed by atoms with Gasteiger partial charge < -0.3 is 9.64 Å². The van der Waals surface area contributed by atoms with Crippen LogP contribution in [-0.4, -0.2) is 45.2 Å². The number of ketones is 1. The Morgan fingerprint density at radius 1 is 1.45 bits per heavy atom. The molecule has 0 aliphatic carbocycles. The predicted molar refractivity (Wildman–Crippen MR) is 83.2 cm³/mol. The summed E-state index contributed by atoms with van der Waals surface area (Å²) in [5.74, 6) is -0.317. The van der Waals surface area contributed by atoms with Gasteiger partial charge >= 0.3 is 6.09 Å². The number of likely N-dealkylation sites (tertiary alicyclic amines) is 1. The maximum absolute atomic E-state index is 12.6. The molecule has 1 amide bonds. The van der Waals surface area contributed by atoms with Crippen LogP contribution >= 0.6 is 11.6 Å². The number of hydrogen-bond donors (Lipinski definition) is 0.